The lowest BCUT2D eigenvalue weighted by Gasteiger charge is -2.27. The molecule has 0 aliphatic heterocycles. The molecule has 0 fully saturated rings. The van der Waals surface area contributed by atoms with Crippen molar-refractivity contribution in [1.82, 2.24) is 16.0 Å². The highest BCUT2D eigenvalue weighted by molar-refractivity contribution is 6.31. The van der Waals surface area contributed by atoms with Crippen molar-refractivity contribution in [3.8, 4) is 0 Å². The number of benzene rings is 2. The number of carbonyl (C=O) groups is 1. The van der Waals surface area contributed by atoms with Gasteiger partial charge in [-0.25, -0.2) is 4.39 Å². The van der Waals surface area contributed by atoms with Crippen LogP contribution in [0.15, 0.2) is 47.5 Å². The summed E-state index contributed by atoms with van der Waals surface area (Å²) >= 11 is 6.21. The fraction of sp³-hybridized carbons (Fsp3) is 0.333. The van der Waals surface area contributed by atoms with E-state index in [-0.39, 0.29) is 17.1 Å². The number of nitrogens with one attached hydrogen (secondary N) is 3. The van der Waals surface area contributed by atoms with Crippen LogP contribution in [0, 0.1) is 5.82 Å². The predicted molar refractivity (Wildman–Crippen MR) is 112 cm³/mol. The minimum Gasteiger partial charge on any atom is -0.356 e. The first-order valence-electron chi connectivity index (χ1n) is 8.98. The largest absolute Gasteiger partial charge is 0.356 e. The summed E-state index contributed by atoms with van der Waals surface area (Å²) in [6.45, 7) is 5.12. The second-order valence-corrected chi connectivity index (χ2v) is 7.47. The zero-order chi connectivity index (χ0) is 20.7. The maximum atomic E-state index is 13.3. The average Bonchev–Trinajstić information content (AvgIpc) is 2.67. The Hall–Kier alpha value is -2.60. The van der Waals surface area contributed by atoms with Crippen LogP contribution in [0.2, 0.25) is 5.02 Å². The van der Waals surface area contributed by atoms with Crippen molar-refractivity contribution in [2.45, 2.75) is 25.8 Å². The summed E-state index contributed by atoms with van der Waals surface area (Å²) in [6, 6.07) is 11.8. The van der Waals surface area contributed by atoms with Crippen LogP contribution >= 0.6 is 11.6 Å². The molecule has 0 aromatic heterocycles. The van der Waals surface area contributed by atoms with Crippen molar-refractivity contribution in [2.24, 2.45) is 4.99 Å². The second-order valence-electron chi connectivity index (χ2n) is 7.07. The van der Waals surface area contributed by atoms with Gasteiger partial charge in [0.2, 0.25) is 0 Å². The van der Waals surface area contributed by atoms with Crippen LogP contribution in [-0.2, 0) is 12.0 Å². The van der Waals surface area contributed by atoms with E-state index >= 15 is 0 Å². The van der Waals surface area contributed by atoms with Crippen molar-refractivity contribution < 1.29 is 9.18 Å². The third-order valence-electron chi connectivity index (χ3n) is 4.46. The fourth-order valence-electron chi connectivity index (χ4n) is 2.81. The van der Waals surface area contributed by atoms with Crippen molar-refractivity contribution in [1.29, 1.82) is 0 Å². The molecule has 2 aromatic rings. The Bertz CT molecular complexity index is 867. The van der Waals surface area contributed by atoms with Crippen LogP contribution in [0.3, 0.4) is 0 Å². The number of hydrogen-bond donors (Lipinski definition) is 3. The molecule has 0 bridgehead atoms. The molecule has 0 saturated heterocycles. The quantitative estimate of drug-likeness (QED) is 0.510. The van der Waals surface area contributed by atoms with Crippen LogP contribution in [0.4, 0.5) is 4.39 Å². The Balaban J connectivity index is 1.98. The highest BCUT2D eigenvalue weighted by Gasteiger charge is 2.24. The van der Waals surface area contributed by atoms with Crippen LogP contribution in [-0.4, -0.2) is 32.5 Å². The molecule has 0 aliphatic carbocycles. The average molecular weight is 405 g/mol. The summed E-state index contributed by atoms with van der Waals surface area (Å²) in [5.74, 6) is 0.146. The molecule has 0 unspecified atom stereocenters. The first-order chi connectivity index (χ1) is 13.3. The van der Waals surface area contributed by atoms with Gasteiger partial charge in [0.25, 0.3) is 5.91 Å². The molecular formula is C21H26ClFN4O. The van der Waals surface area contributed by atoms with E-state index < -0.39 is 0 Å². The summed E-state index contributed by atoms with van der Waals surface area (Å²) in [4.78, 5) is 16.0. The lowest BCUT2D eigenvalue weighted by Crippen LogP contribution is -2.43. The first kappa shape index (κ1) is 21.7. The molecule has 0 spiro atoms. The van der Waals surface area contributed by atoms with Gasteiger partial charge in [-0.3, -0.25) is 9.79 Å². The minimum absolute atomic E-state index is 0.123. The van der Waals surface area contributed by atoms with Gasteiger partial charge in [-0.1, -0.05) is 43.6 Å². The number of aliphatic imine (C=N–C) groups is 1. The number of rotatable bonds is 6. The summed E-state index contributed by atoms with van der Waals surface area (Å²) in [7, 11) is 3.29. The van der Waals surface area contributed by atoms with E-state index in [9.17, 15) is 9.18 Å². The van der Waals surface area contributed by atoms with Gasteiger partial charge in [0.05, 0.1) is 0 Å². The maximum absolute atomic E-state index is 13.3. The van der Waals surface area contributed by atoms with Gasteiger partial charge < -0.3 is 16.0 Å². The van der Waals surface area contributed by atoms with E-state index in [0.29, 0.717) is 29.6 Å². The van der Waals surface area contributed by atoms with Gasteiger partial charge in [0.1, 0.15) is 5.82 Å². The van der Waals surface area contributed by atoms with E-state index in [1.54, 1.807) is 26.2 Å². The lowest BCUT2D eigenvalue weighted by molar-refractivity contribution is 0.0963. The zero-order valence-electron chi connectivity index (χ0n) is 16.6. The molecule has 7 heteroatoms. The summed E-state index contributed by atoms with van der Waals surface area (Å²) in [5.41, 5.74) is 2.10. The van der Waals surface area contributed by atoms with E-state index in [1.807, 2.05) is 32.0 Å². The third kappa shape index (κ3) is 5.70. The number of guanidine groups is 1. The Morgan fingerprint density at radius 3 is 2.57 bits per heavy atom. The number of nitrogens with zero attached hydrogens (tertiary/aromatic N) is 1. The topological polar surface area (TPSA) is 65.5 Å². The predicted octanol–water partition coefficient (Wildman–Crippen LogP) is 3.48. The SMILES string of the molecule is CN=C(NCc1cccc(C(=O)NC)c1)NCC(C)(C)c1ccc(F)cc1Cl. The number of hydrogen-bond acceptors (Lipinski definition) is 2. The van der Waals surface area contributed by atoms with Gasteiger partial charge in [0, 0.05) is 43.2 Å². The van der Waals surface area contributed by atoms with E-state index in [2.05, 4.69) is 20.9 Å². The first-order valence-corrected chi connectivity index (χ1v) is 9.35. The fourth-order valence-corrected chi connectivity index (χ4v) is 3.23. The Morgan fingerprint density at radius 1 is 1.18 bits per heavy atom. The smallest absolute Gasteiger partial charge is 0.251 e. The second kappa shape index (κ2) is 9.55. The monoisotopic (exact) mass is 404 g/mol. The number of amides is 1. The maximum Gasteiger partial charge on any atom is 0.251 e. The van der Waals surface area contributed by atoms with Gasteiger partial charge in [0.15, 0.2) is 5.96 Å². The van der Waals surface area contributed by atoms with Crippen LogP contribution in [0.25, 0.3) is 0 Å². The molecule has 3 N–H and O–H groups in total. The van der Waals surface area contributed by atoms with Crippen molar-refractivity contribution in [3.63, 3.8) is 0 Å². The van der Waals surface area contributed by atoms with Gasteiger partial charge in [-0.05, 0) is 35.4 Å². The highest BCUT2D eigenvalue weighted by Crippen LogP contribution is 2.29. The molecule has 2 aromatic carbocycles. The lowest BCUT2D eigenvalue weighted by atomic mass is 9.84. The molecule has 0 atom stereocenters. The van der Waals surface area contributed by atoms with Crippen LogP contribution in [0.1, 0.15) is 35.3 Å². The van der Waals surface area contributed by atoms with Gasteiger partial charge >= 0.3 is 0 Å². The van der Waals surface area contributed by atoms with E-state index in [4.69, 9.17) is 11.6 Å². The Kier molecular flexibility index (Phi) is 7.40. The van der Waals surface area contributed by atoms with Crippen LogP contribution in [0.5, 0.6) is 0 Å². The van der Waals surface area contributed by atoms with Crippen molar-refractivity contribution in [3.05, 3.63) is 70.0 Å². The highest BCUT2D eigenvalue weighted by atomic mass is 35.5. The molecule has 2 rings (SSSR count). The number of halogens is 2. The Labute approximate surface area is 170 Å². The Morgan fingerprint density at radius 2 is 1.93 bits per heavy atom. The molecular weight excluding hydrogens is 379 g/mol. The van der Waals surface area contributed by atoms with Crippen molar-refractivity contribution >= 4 is 23.5 Å². The van der Waals surface area contributed by atoms with Gasteiger partial charge in [-0.15, -0.1) is 0 Å². The summed E-state index contributed by atoms with van der Waals surface area (Å²) < 4.78 is 13.3. The normalized spacial score (nSPS) is 11.9. The molecule has 5 nitrogen and oxygen atoms in total. The number of carbonyl (C=O) groups excluding carboxylic acids is 1. The van der Waals surface area contributed by atoms with Crippen molar-refractivity contribution in [2.75, 3.05) is 20.6 Å². The summed E-state index contributed by atoms with van der Waals surface area (Å²) in [6.07, 6.45) is 0. The van der Waals surface area contributed by atoms with Gasteiger partial charge in [-0.2, -0.15) is 0 Å². The molecule has 28 heavy (non-hydrogen) atoms. The molecule has 0 saturated carbocycles. The molecule has 0 radical (unpaired) electrons. The molecule has 0 heterocycles. The molecule has 150 valence electrons. The minimum atomic E-state index is -0.353. The zero-order valence-corrected chi connectivity index (χ0v) is 17.3. The van der Waals surface area contributed by atoms with E-state index in [1.165, 1.54) is 12.1 Å². The van der Waals surface area contributed by atoms with E-state index in [0.717, 1.165) is 11.1 Å². The summed E-state index contributed by atoms with van der Waals surface area (Å²) in [5, 5.41) is 9.53. The van der Waals surface area contributed by atoms with Crippen LogP contribution < -0.4 is 16.0 Å². The molecule has 0 aliphatic rings. The molecule has 1 amide bonds. The third-order valence-corrected chi connectivity index (χ3v) is 4.77. The standard InChI is InChI=1S/C21H26ClFN4O/c1-21(2,17-9-8-16(23)11-18(17)22)13-27-20(25-4)26-12-14-6-5-7-15(10-14)19(28)24-3/h5-11H,12-13H2,1-4H3,(H,24,28)(H2,25,26,27).